The van der Waals surface area contributed by atoms with Crippen molar-refractivity contribution in [3.05, 3.63) is 95.1 Å². The summed E-state index contributed by atoms with van der Waals surface area (Å²) in [7, 11) is 1.61. The van der Waals surface area contributed by atoms with E-state index >= 15 is 0 Å². The molecule has 0 bridgehead atoms. The summed E-state index contributed by atoms with van der Waals surface area (Å²) < 4.78 is 5.46. The van der Waals surface area contributed by atoms with Gasteiger partial charge in [-0.3, -0.25) is 14.6 Å². The molecule has 1 amide bonds. The van der Waals surface area contributed by atoms with Crippen molar-refractivity contribution >= 4 is 11.6 Å². The Kier molecular flexibility index (Phi) is 7.58. The van der Waals surface area contributed by atoms with E-state index in [9.17, 15) is 4.79 Å². The number of anilines is 1. The molecular formula is C28H30N4O2. The molecule has 0 spiro atoms. The maximum absolute atomic E-state index is 13.6. The van der Waals surface area contributed by atoms with Gasteiger partial charge in [0, 0.05) is 32.7 Å². The second-order valence-corrected chi connectivity index (χ2v) is 8.63. The molecule has 6 nitrogen and oxygen atoms in total. The van der Waals surface area contributed by atoms with Crippen molar-refractivity contribution in [3.8, 4) is 11.8 Å². The Morgan fingerprint density at radius 1 is 1.03 bits per heavy atom. The Balaban J connectivity index is 1.47. The molecule has 0 radical (unpaired) electrons. The van der Waals surface area contributed by atoms with Crippen LogP contribution in [0.4, 0.5) is 5.69 Å². The molecule has 0 saturated carbocycles. The highest BCUT2D eigenvalue weighted by atomic mass is 16.5. The molecule has 1 fully saturated rings. The number of piperazine rings is 1. The summed E-state index contributed by atoms with van der Waals surface area (Å²) in [5, 5.41) is 12.1. The minimum atomic E-state index is -0.386. The third-order valence-electron chi connectivity index (χ3n) is 6.24. The van der Waals surface area contributed by atoms with Crippen LogP contribution in [0.1, 0.15) is 28.3 Å². The molecule has 0 unspecified atom stereocenters. The summed E-state index contributed by atoms with van der Waals surface area (Å²) in [4.78, 5) is 18.2. The van der Waals surface area contributed by atoms with Gasteiger partial charge in [-0.05, 0) is 47.9 Å². The Hall–Kier alpha value is -3.66. The zero-order valence-corrected chi connectivity index (χ0v) is 19.7. The first-order chi connectivity index (χ1) is 16.6. The van der Waals surface area contributed by atoms with Crippen molar-refractivity contribution in [1.82, 2.24) is 9.80 Å². The third-order valence-corrected chi connectivity index (χ3v) is 6.24. The number of amides is 1. The zero-order valence-electron chi connectivity index (χ0n) is 19.7. The van der Waals surface area contributed by atoms with Crippen LogP contribution >= 0.6 is 0 Å². The number of methoxy groups -OCH3 is 1. The number of carbonyl (C=O) groups is 1. The summed E-state index contributed by atoms with van der Waals surface area (Å²) >= 11 is 0. The molecule has 34 heavy (non-hydrogen) atoms. The molecule has 1 aliphatic heterocycles. The van der Waals surface area contributed by atoms with Gasteiger partial charge < -0.3 is 10.1 Å². The minimum absolute atomic E-state index is 0.0596. The lowest BCUT2D eigenvalue weighted by molar-refractivity contribution is -0.122. The van der Waals surface area contributed by atoms with E-state index in [4.69, 9.17) is 10.00 Å². The van der Waals surface area contributed by atoms with Gasteiger partial charge in [0.25, 0.3) is 0 Å². The van der Waals surface area contributed by atoms with E-state index in [1.807, 2.05) is 79.7 Å². The first-order valence-corrected chi connectivity index (χ1v) is 11.5. The third kappa shape index (κ3) is 5.63. The molecule has 1 N–H and O–H groups in total. The van der Waals surface area contributed by atoms with Crippen LogP contribution in [0.15, 0.2) is 72.8 Å². The normalized spacial score (nSPS) is 15.3. The van der Waals surface area contributed by atoms with Crippen molar-refractivity contribution in [3.63, 3.8) is 0 Å². The second-order valence-electron chi connectivity index (χ2n) is 8.63. The molecule has 3 aromatic rings. The number of carbonyl (C=O) groups excluding carboxylic acids is 1. The number of aryl methyl sites for hydroxylation is 1. The zero-order chi connectivity index (χ0) is 23.9. The molecule has 3 aromatic carbocycles. The van der Waals surface area contributed by atoms with Crippen LogP contribution in [0.25, 0.3) is 0 Å². The first-order valence-electron chi connectivity index (χ1n) is 11.5. The summed E-state index contributed by atoms with van der Waals surface area (Å²) in [5.74, 6) is 0.591. The summed E-state index contributed by atoms with van der Waals surface area (Å²) in [6, 6.07) is 25.3. The number of rotatable bonds is 7. The van der Waals surface area contributed by atoms with Crippen molar-refractivity contribution in [2.75, 3.05) is 38.6 Å². The van der Waals surface area contributed by atoms with Gasteiger partial charge in [-0.15, -0.1) is 0 Å². The smallest absolute Gasteiger partial charge is 0.246 e. The quantitative estimate of drug-likeness (QED) is 0.574. The molecule has 1 saturated heterocycles. The van der Waals surface area contributed by atoms with E-state index in [-0.39, 0.29) is 11.9 Å². The summed E-state index contributed by atoms with van der Waals surface area (Å²) in [6.45, 7) is 6.14. The van der Waals surface area contributed by atoms with Crippen molar-refractivity contribution < 1.29 is 9.53 Å². The average molecular weight is 455 g/mol. The summed E-state index contributed by atoms with van der Waals surface area (Å²) in [5.41, 5.74) is 4.59. The molecular weight excluding hydrogens is 424 g/mol. The van der Waals surface area contributed by atoms with Crippen LogP contribution in [0, 0.1) is 18.3 Å². The van der Waals surface area contributed by atoms with E-state index in [1.165, 1.54) is 5.56 Å². The number of hydrogen-bond acceptors (Lipinski definition) is 5. The highest BCUT2D eigenvalue weighted by Crippen LogP contribution is 2.29. The Morgan fingerprint density at radius 3 is 2.38 bits per heavy atom. The van der Waals surface area contributed by atoms with E-state index in [2.05, 4.69) is 21.2 Å². The van der Waals surface area contributed by atoms with Crippen molar-refractivity contribution in [1.29, 1.82) is 5.26 Å². The lowest BCUT2D eigenvalue weighted by Gasteiger charge is -2.39. The largest absolute Gasteiger partial charge is 0.495 e. The average Bonchev–Trinajstić information content (AvgIpc) is 2.86. The van der Waals surface area contributed by atoms with Gasteiger partial charge in [-0.25, -0.2) is 0 Å². The molecule has 0 aliphatic carbocycles. The molecule has 174 valence electrons. The fourth-order valence-electron chi connectivity index (χ4n) is 4.41. The van der Waals surface area contributed by atoms with E-state index in [1.54, 1.807) is 7.11 Å². The number of ether oxygens (including phenoxy) is 1. The monoisotopic (exact) mass is 454 g/mol. The van der Waals surface area contributed by atoms with Gasteiger partial charge in [0.15, 0.2) is 0 Å². The predicted octanol–water partition coefficient (Wildman–Crippen LogP) is 4.37. The van der Waals surface area contributed by atoms with E-state index in [0.717, 1.165) is 43.9 Å². The van der Waals surface area contributed by atoms with Crippen LogP contribution in [0.3, 0.4) is 0 Å². The molecule has 1 atom stereocenters. The summed E-state index contributed by atoms with van der Waals surface area (Å²) in [6.07, 6.45) is 0. The fraction of sp³-hybridized carbons (Fsp3) is 0.286. The standard InChI is InChI=1S/C28H30N4O2/c1-21-8-13-26(34-2)25(18-21)30-28(33)27(24-6-4-3-5-7-24)32-16-14-31(15-17-32)20-23-11-9-22(19-29)10-12-23/h3-13,18,27H,14-17,20H2,1-2H3,(H,30,33)/t27-/m1/s1. The van der Waals surface area contributed by atoms with Gasteiger partial charge in [-0.1, -0.05) is 48.5 Å². The van der Waals surface area contributed by atoms with Gasteiger partial charge in [-0.2, -0.15) is 5.26 Å². The fourth-order valence-corrected chi connectivity index (χ4v) is 4.41. The maximum atomic E-state index is 13.6. The molecule has 4 rings (SSSR count). The van der Waals surface area contributed by atoms with Crippen LogP contribution in [-0.2, 0) is 11.3 Å². The van der Waals surface area contributed by atoms with Gasteiger partial charge in [0.2, 0.25) is 5.91 Å². The highest BCUT2D eigenvalue weighted by Gasteiger charge is 2.31. The van der Waals surface area contributed by atoms with Gasteiger partial charge in [0.1, 0.15) is 11.8 Å². The number of hydrogen-bond donors (Lipinski definition) is 1. The first kappa shape index (κ1) is 23.5. The molecule has 1 heterocycles. The Labute approximate surface area is 201 Å². The van der Waals surface area contributed by atoms with Gasteiger partial charge in [0.05, 0.1) is 24.4 Å². The number of benzene rings is 3. The minimum Gasteiger partial charge on any atom is -0.495 e. The van der Waals surface area contributed by atoms with Gasteiger partial charge >= 0.3 is 0 Å². The lowest BCUT2D eigenvalue weighted by Crippen LogP contribution is -2.49. The highest BCUT2D eigenvalue weighted by molar-refractivity contribution is 5.96. The predicted molar refractivity (Wildman–Crippen MR) is 134 cm³/mol. The topological polar surface area (TPSA) is 68.6 Å². The van der Waals surface area contributed by atoms with Crippen LogP contribution in [0.2, 0.25) is 0 Å². The van der Waals surface area contributed by atoms with Crippen LogP contribution in [-0.4, -0.2) is 49.0 Å². The molecule has 1 aliphatic rings. The maximum Gasteiger partial charge on any atom is 0.246 e. The van der Waals surface area contributed by atoms with E-state index in [0.29, 0.717) is 17.0 Å². The second kappa shape index (κ2) is 11.0. The van der Waals surface area contributed by atoms with E-state index < -0.39 is 0 Å². The van der Waals surface area contributed by atoms with Crippen LogP contribution in [0.5, 0.6) is 5.75 Å². The number of nitrogens with zero attached hydrogens (tertiary/aromatic N) is 3. The number of nitrogens with one attached hydrogen (secondary N) is 1. The SMILES string of the molecule is COc1ccc(C)cc1NC(=O)[C@@H](c1ccccc1)N1CCN(Cc2ccc(C#N)cc2)CC1. The molecule has 6 heteroatoms. The Bertz CT molecular complexity index is 1150. The Morgan fingerprint density at radius 2 is 1.74 bits per heavy atom. The van der Waals surface area contributed by atoms with Crippen molar-refractivity contribution in [2.24, 2.45) is 0 Å². The number of nitriles is 1. The lowest BCUT2D eigenvalue weighted by atomic mass is 10.0. The van der Waals surface area contributed by atoms with Crippen molar-refractivity contribution in [2.45, 2.75) is 19.5 Å². The van der Waals surface area contributed by atoms with Crippen LogP contribution < -0.4 is 10.1 Å². The molecule has 0 aromatic heterocycles.